The Balaban J connectivity index is 1.61. The molecule has 0 saturated carbocycles. The van der Waals surface area contributed by atoms with Crippen molar-refractivity contribution in [2.24, 2.45) is 0 Å². The average Bonchev–Trinajstić information content (AvgIpc) is 3.07. The van der Waals surface area contributed by atoms with Crippen LogP contribution in [0.1, 0.15) is 59.9 Å². The van der Waals surface area contributed by atoms with Gasteiger partial charge >= 0.3 is 6.09 Å². The highest BCUT2D eigenvalue weighted by molar-refractivity contribution is 5.99. The molecule has 2 aromatic carbocycles. The van der Waals surface area contributed by atoms with Crippen LogP contribution < -0.4 is 5.32 Å². The molecule has 0 spiro atoms. The number of hydrogen-bond donors (Lipinski definition) is 1. The summed E-state index contributed by atoms with van der Waals surface area (Å²) in [6.45, 7) is 7.64. The first-order valence-corrected chi connectivity index (χ1v) is 11.2. The summed E-state index contributed by atoms with van der Waals surface area (Å²) in [6, 6.07) is 14.3. The van der Waals surface area contributed by atoms with Gasteiger partial charge in [0.2, 0.25) is 0 Å². The fraction of sp³-hybridized carbons (Fsp3) is 0.440. The number of likely N-dealkylation sites (tertiary alicyclic amines) is 1. The fourth-order valence-electron chi connectivity index (χ4n) is 4.77. The van der Waals surface area contributed by atoms with Gasteiger partial charge in [0.25, 0.3) is 5.91 Å². The lowest BCUT2D eigenvalue weighted by Gasteiger charge is -2.39. The van der Waals surface area contributed by atoms with Crippen LogP contribution in [0.3, 0.4) is 0 Å². The molecule has 4 rings (SSSR count). The van der Waals surface area contributed by atoms with Crippen LogP contribution in [0.15, 0.2) is 42.5 Å². The van der Waals surface area contributed by atoms with Gasteiger partial charge in [0, 0.05) is 35.9 Å². The van der Waals surface area contributed by atoms with Crippen LogP contribution >= 0.6 is 0 Å². The van der Waals surface area contributed by atoms with E-state index in [2.05, 4.69) is 37.4 Å². The largest absolute Gasteiger partial charge is 0.450 e. The summed E-state index contributed by atoms with van der Waals surface area (Å²) in [4.78, 5) is 29.3. The van der Waals surface area contributed by atoms with Crippen LogP contribution in [0.4, 0.5) is 10.5 Å². The van der Waals surface area contributed by atoms with Crippen molar-refractivity contribution in [3.8, 4) is 0 Å². The van der Waals surface area contributed by atoms with Gasteiger partial charge in [-0.05, 0) is 50.3 Å². The maximum absolute atomic E-state index is 13.4. The van der Waals surface area contributed by atoms with E-state index in [0.29, 0.717) is 19.7 Å². The summed E-state index contributed by atoms with van der Waals surface area (Å²) >= 11 is 0. The fourth-order valence-corrected chi connectivity index (χ4v) is 4.77. The molecule has 0 bridgehead atoms. The Labute approximate surface area is 184 Å². The van der Waals surface area contributed by atoms with Gasteiger partial charge in [-0.2, -0.15) is 0 Å². The number of rotatable bonds is 5. The number of para-hydroxylation sites is 1. The number of aryl methyl sites for hydroxylation is 2. The Morgan fingerprint density at radius 1 is 1.10 bits per heavy atom. The number of benzene rings is 2. The number of nitrogens with zero attached hydrogens (tertiary/aromatic N) is 2. The number of hydrogen-bond acceptors (Lipinski definition) is 4. The van der Waals surface area contributed by atoms with Crippen molar-refractivity contribution >= 4 is 17.7 Å². The topological polar surface area (TPSA) is 61.9 Å². The molecule has 2 amide bonds. The van der Waals surface area contributed by atoms with Crippen molar-refractivity contribution < 1.29 is 14.3 Å². The number of amides is 2. The summed E-state index contributed by atoms with van der Waals surface area (Å²) < 4.78 is 5.15. The lowest BCUT2D eigenvalue weighted by molar-refractivity contribution is 0.0496. The molecule has 1 N–H and O–H groups in total. The predicted octanol–water partition coefficient (Wildman–Crippen LogP) is 4.74. The molecule has 2 aliphatic rings. The Bertz CT molecular complexity index is 966. The second-order valence-corrected chi connectivity index (χ2v) is 8.23. The molecule has 6 heteroatoms. The molecular weight excluding hydrogens is 390 g/mol. The van der Waals surface area contributed by atoms with Crippen LogP contribution in [0.5, 0.6) is 0 Å². The number of fused-ring (bicyclic) bond motifs is 1. The van der Waals surface area contributed by atoms with Gasteiger partial charge in [-0.3, -0.25) is 4.79 Å². The monoisotopic (exact) mass is 421 g/mol. The first-order valence-electron chi connectivity index (χ1n) is 11.2. The van der Waals surface area contributed by atoms with Gasteiger partial charge < -0.3 is 19.9 Å². The quantitative estimate of drug-likeness (QED) is 0.757. The molecule has 1 atom stereocenters. The highest BCUT2D eigenvalue weighted by Gasteiger charge is 2.42. The predicted molar refractivity (Wildman–Crippen MR) is 121 cm³/mol. The lowest BCUT2D eigenvalue weighted by atomic mass is 10.0. The van der Waals surface area contributed by atoms with Crippen LogP contribution in [-0.4, -0.2) is 47.5 Å². The minimum Gasteiger partial charge on any atom is -0.450 e. The molecule has 2 aliphatic heterocycles. The zero-order valence-corrected chi connectivity index (χ0v) is 18.6. The molecule has 0 unspecified atom stereocenters. The third-order valence-corrected chi connectivity index (χ3v) is 6.40. The van der Waals surface area contributed by atoms with E-state index >= 15 is 0 Å². The first kappa shape index (κ1) is 21.2. The lowest BCUT2D eigenvalue weighted by Crippen LogP contribution is -2.49. The summed E-state index contributed by atoms with van der Waals surface area (Å²) in [5, 5.41) is 3.72. The minimum atomic E-state index is -0.265. The number of piperidine rings is 1. The summed E-state index contributed by atoms with van der Waals surface area (Å²) in [6.07, 6.45) is 1.92. The third-order valence-electron chi connectivity index (χ3n) is 6.40. The molecule has 2 aromatic rings. The summed E-state index contributed by atoms with van der Waals surface area (Å²) in [5.74, 6) is 0.0642. The number of nitrogens with one attached hydrogen (secondary N) is 1. The number of anilines is 1. The van der Waals surface area contributed by atoms with Gasteiger partial charge in [0.1, 0.15) is 6.17 Å². The van der Waals surface area contributed by atoms with Crippen molar-refractivity contribution in [1.82, 2.24) is 9.80 Å². The average molecular weight is 422 g/mol. The highest BCUT2D eigenvalue weighted by Crippen LogP contribution is 2.39. The van der Waals surface area contributed by atoms with Crippen LogP contribution in [0.2, 0.25) is 0 Å². The highest BCUT2D eigenvalue weighted by atomic mass is 16.6. The SMILES string of the molecule is CCOC(=O)N1CCC(N2C(=O)c3ccccc3[C@H]2Nc2c(C)cccc2CC)CC1. The molecule has 2 heterocycles. The number of ether oxygens (including phenoxy) is 1. The molecule has 0 aliphatic carbocycles. The Kier molecular flexibility index (Phi) is 6.16. The Morgan fingerprint density at radius 2 is 1.84 bits per heavy atom. The maximum Gasteiger partial charge on any atom is 0.409 e. The molecular formula is C25H31N3O3. The van der Waals surface area contributed by atoms with Gasteiger partial charge in [-0.25, -0.2) is 4.79 Å². The van der Waals surface area contributed by atoms with Crippen molar-refractivity contribution in [1.29, 1.82) is 0 Å². The maximum atomic E-state index is 13.4. The van der Waals surface area contributed by atoms with Gasteiger partial charge in [0.05, 0.1) is 6.61 Å². The zero-order valence-electron chi connectivity index (χ0n) is 18.6. The molecule has 31 heavy (non-hydrogen) atoms. The molecule has 164 valence electrons. The molecule has 1 fully saturated rings. The second-order valence-electron chi connectivity index (χ2n) is 8.23. The van der Waals surface area contributed by atoms with E-state index in [9.17, 15) is 9.59 Å². The second kappa shape index (κ2) is 9.00. The zero-order chi connectivity index (χ0) is 22.0. The Hall–Kier alpha value is -3.02. The van der Waals surface area contributed by atoms with Crippen LogP contribution in [-0.2, 0) is 11.2 Å². The minimum absolute atomic E-state index is 0.0642. The standard InChI is InChI=1S/C25H31N3O3/c1-4-18-10-8-9-17(3)22(18)26-23-20-11-6-7-12-21(20)24(29)28(23)19-13-15-27(16-14-19)25(30)31-5-2/h6-12,19,23,26H,4-5,13-16H2,1-3H3/t23-/m0/s1. The molecule has 6 nitrogen and oxygen atoms in total. The van der Waals surface area contributed by atoms with E-state index in [0.717, 1.165) is 36.1 Å². The first-order chi connectivity index (χ1) is 15.0. The van der Waals surface area contributed by atoms with Crippen LogP contribution in [0.25, 0.3) is 0 Å². The Morgan fingerprint density at radius 3 is 2.55 bits per heavy atom. The summed E-state index contributed by atoms with van der Waals surface area (Å²) in [7, 11) is 0. The van der Waals surface area contributed by atoms with Gasteiger partial charge in [-0.15, -0.1) is 0 Å². The van der Waals surface area contributed by atoms with E-state index in [-0.39, 0.29) is 24.2 Å². The smallest absolute Gasteiger partial charge is 0.409 e. The molecule has 1 saturated heterocycles. The van der Waals surface area contributed by atoms with Crippen molar-refractivity contribution in [3.05, 3.63) is 64.7 Å². The van der Waals surface area contributed by atoms with Crippen molar-refractivity contribution in [2.45, 2.75) is 52.2 Å². The van der Waals surface area contributed by atoms with E-state index in [4.69, 9.17) is 4.74 Å². The molecule has 0 aromatic heterocycles. The van der Waals surface area contributed by atoms with Gasteiger partial charge in [-0.1, -0.05) is 43.3 Å². The van der Waals surface area contributed by atoms with E-state index < -0.39 is 0 Å². The van der Waals surface area contributed by atoms with Crippen molar-refractivity contribution in [3.63, 3.8) is 0 Å². The third kappa shape index (κ3) is 3.99. The van der Waals surface area contributed by atoms with Crippen molar-refractivity contribution in [2.75, 3.05) is 25.0 Å². The summed E-state index contributed by atoms with van der Waals surface area (Å²) in [5.41, 5.74) is 5.31. The van der Waals surface area contributed by atoms with E-state index in [1.165, 1.54) is 11.1 Å². The normalized spacial score (nSPS) is 18.8. The van der Waals surface area contributed by atoms with Gasteiger partial charge in [0.15, 0.2) is 0 Å². The van der Waals surface area contributed by atoms with E-state index in [1.807, 2.05) is 36.1 Å². The molecule has 0 radical (unpaired) electrons. The van der Waals surface area contributed by atoms with Crippen LogP contribution in [0, 0.1) is 6.92 Å². The van der Waals surface area contributed by atoms with E-state index in [1.54, 1.807) is 4.90 Å². The number of carbonyl (C=O) groups excluding carboxylic acids is 2. The number of carbonyl (C=O) groups is 2.